The molecule has 9 nitrogen and oxygen atoms in total. The van der Waals surface area contributed by atoms with Crippen LogP contribution in [0.1, 0.15) is 11.1 Å². The van der Waals surface area contributed by atoms with Gasteiger partial charge in [0.2, 0.25) is 11.8 Å². The molecule has 1 N–H and O–H groups in total. The molecule has 0 bridgehead atoms. The lowest BCUT2D eigenvalue weighted by molar-refractivity contribution is -0.130. The van der Waals surface area contributed by atoms with Crippen molar-refractivity contribution in [3.05, 3.63) is 47.8 Å². The van der Waals surface area contributed by atoms with Gasteiger partial charge in [-0.25, -0.2) is 0 Å². The van der Waals surface area contributed by atoms with Gasteiger partial charge in [0.15, 0.2) is 5.96 Å². The Morgan fingerprint density at radius 2 is 1.93 bits per heavy atom. The summed E-state index contributed by atoms with van der Waals surface area (Å²) in [6.07, 6.45) is 4.40. The number of carbonyl (C=O) groups excluding carboxylic acids is 2. The largest absolute Gasteiger partial charge is 0.347 e. The molecular weight excluding hydrogens is 382 g/mol. The topological polar surface area (TPSA) is 86.1 Å². The van der Waals surface area contributed by atoms with E-state index in [1.807, 2.05) is 35.2 Å². The molecule has 1 aromatic carbocycles. The fraction of sp³-hybridized carbons (Fsp3) is 0.429. The molecule has 9 heteroatoms. The van der Waals surface area contributed by atoms with Crippen LogP contribution in [0.3, 0.4) is 0 Å². The number of hydrogen-bond donors (Lipinski definition) is 1. The van der Waals surface area contributed by atoms with Crippen molar-refractivity contribution in [2.24, 2.45) is 12.0 Å². The van der Waals surface area contributed by atoms with Crippen LogP contribution < -0.4 is 10.2 Å². The second-order valence-electron chi connectivity index (χ2n) is 7.57. The Balaban J connectivity index is 1.31. The number of piperazine rings is 1. The molecule has 4 rings (SSSR count). The summed E-state index contributed by atoms with van der Waals surface area (Å²) >= 11 is 0. The molecule has 1 fully saturated rings. The highest BCUT2D eigenvalue weighted by Gasteiger charge is 2.28. The van der Waals surface area contributed by atoms with E-state index in [4.69, 9.17) is 0 Å². The quantitative estimate of drug-likeness (QED) is 0.579. The van der Waals surface area contributed by atoms with E-state index in [0.717, 1.165) is 18.7 Å². The third-order valence-electron chi connectivity index (χ3n) is 5.62. The number of aromatic nitrogens is 2. The number of guanidine groups is 1. The van der Waals surface area contributed by atoms with Crippen LogP contribution in [0.25, 0.3) is 0 Å². The molecule has 30 heavy (non-hydrogen) atoms. The Bertz CT molecular complexity index is 968. The average Bonchev–Trinajstić information content (AvgIpc) is 3.19. The number of fused-ring (bicyclic) bond motifs is 1. The van der Waals surface area contributed by atoms with Gasteiger partial charge in [-0.05, 0) is 17.5 Å². The van der Waals surface area contributed by atoms with Gasteiger partial charge in [-0.2, -0.15) is 5.10 Å². The Hall–Kier alpha value is -3.36. The van der Waals surface area contributed by atoms with Gasteiger partial charge in [0.25, 0.3) is 0 Å². The summed E-state index contributed by atoms with van der Waals surface area (Å²) in [7, 11) is 3.50. The number of carbonyl (C=O) groups is 2. The molecule has 2 amide bonds. The summed E-state index contributed by atoms with van der Waals surface area (Å²) in [5.74, 6) is 0.585. The Morgan fingerprint density at radius 3 is 2.63 bits per heavy atom. The minimum atomic E-state index is -0.0174. The predicted molar refractivity (Wildman–Crippen MR) is 114 cm³/mol. The van der Waals surface area contributed by atoms with Crippen molar-refractivity contribution in [2.45, 2.75) is 13.0 Å². The van der Waals surface area contributed by atoms with Gasteiger partial charge in [0.05, 0.1) is 18.4 Å². The molecule has 158 valence electrons. The molecule has 0 radical (unpaired) electrons. The van der Waals surface area contributed by atoms with Crippen molar-refractivity contribution >= 4 is 23.5 Å². The fourth-order valence-corrected chi connectivity index (χ4v) is 3.98. The van der Waals surface area contributed by atoms with E-state index in [0.29, 0.717) is 25.6 Å². The molecule has 2 aromatic rings. The first-order valence-corrected chi connectivity index (χ1v) is 10.1. The number of hydrogen-bond acceptors (Lipinski definition) is 4. The van der Waals surface area contributed by atoms with Gasteiger partial charge in [-0.3, -0.25) is 19.3 Å². The molecule has 0 spiro atoms. The van der Waals surface area contributed by atoms with Gasteiger partial charge in [-0.15, -0.1) is 0 Å². The third-order valence-corrected chi connectivity index (χ3v) is 5.62. The molecular formula is C21H27N7O2. The van der Waals surface area contributed by atoms with Crippen LogP contribution in [0.2, 0.25) is 0 Å². The minimum Gasteiger partial charge on any atom is -0.347 e. The van der Waals surface area contributed by atoms with Gasteiger partial charge in [-0.1, -0.05) is 24.3 Å². The maximum atomic E-state index is 12.7. The van der Waals surface area contributed by atoms with Crippen molar-refractivity contribution in [1.82, 2.24) is 24.9 Å². The zero-order valence-electron chi connectivity index (χ0n) is 17.4. The number of anilines is 1. The summed E-state index contributed by atoms with van der Waals surface area (Å²) in [5, 5.41) is 7.27. The van der Waals surface area contributed by atoms with E-state index < -0.39 is 0 Å². The normalized spacial score (nSPS) is 17.2. The lowest BCUT2D eigenvalue weighted by Gasteiger charge is -2.35. The van der Waals surface area contributed by atoms with Crippen molar-refractivity contribution in [1.29, 1.82) is 0 Å². The molecule has 0 unspecified atom stereocenters. The van der Waals surface area contributed by atoms with Crippen LogP contribution in [0.5, 0.6) is 0 Å². The predicted octanol–water partition coefficient (Wildman–Crippen LogP) is 0.229. The van der Waals surface area contributed by atoms with Crippen molar-refractivity contribution < 1.29 is 9.59 Å². The summed E-state index contributed by atoms with van der Waals surface area (Å²) < 4.78 is 1.68. The number of benzene rings is 1. The van der Waals surface area contributed by atoms with E-state index in [1.165, 1.54) is 11.1 Å². The van der Waals surface area contributed by atoms with Crippen LogP contribution in [-0.2, 0) is 29.6 Å². The summed E-state index contributed by atoms with van der Waals surface area (Å²) in [6.45, 7) is 2.90. The second-order valence-corrected chi connectivity index (χ2v) is 7.57. The second kappa shape index (κ2) is 8.56. The first-order valence-electron chi connectivity index (χ1n) is 10.1. The summed E-state index contributed by atoms with van der Waals surface area (Å²) in [6, 6.07) is 8.25. The van der Waals surface area contributed by atoms with Crippen LogP contribution in [-0.4, -0.2) is 77.1 Å². The summed E-state index contributed by atoms with van der Waals surface area (Å²) in [4.78, 5) is 35.1. The first-order chi connectivity index (χ1) is 14.5. The lowest BCUT2D eigenvalue weighted by Crippen LogP contribution is -2.56. The highest BCUT2D eigenvalue weighted by atomic mass is 16.2. The first kappa shape index (κ1) is 19.9. The highest BCUT2D eigenvalue weighted by Crippen LogP contribution is 2.18. The average molecular weight is 409 g/mol. The lowest BCUT2D eigenvalue weighted by atomic mass is 10.00. The molecule has 1 aromatic heterocycles. The zero-order valence-corrected chi connectivity index (χ0v) is 17.4. The van der Waals surface area contributed by atoms with Crippen LogP contribution in [0.15, 0.2) is 41.7 Å². The Kier molecular flexibility index (Phi) is 5.69. The fourth-order valence-electron chi connectivity index (χ4n) is 3.98. The van der Waals surface area contributed by atoms with Crippen molar-refractivity contribution in [3.8, 4) is 0 Å². The zero-order chi connectivity index (χ0) is 21.1. The molecule has 2 aliphatic rings. The number of aliphatic imine (C=N–C) groups is 1. The Labute approximate surface area is 176 Å². The van der Waals surface area contributed by atoms with E-state index in [9.17, 15) is 9.59 Å². The third kappa shape index (κ3) is 4.14. The number of nitrogens with zero attached hydrogens (tertiary/aromatic N) is 6. The SMILES string of the molecule is CN=C(NCC(=O)N1CCc2ccccc2C1)N1CCN(c2cnn(C)c2)C(=O)C1. The van der Waals surface area contributed by atoms with Gasteiger partial charge in [0.1, 0.15) is 6.54 Å². The number of amides is 2. The molecule has 1 saturated heterocycles. The monoisotopic (exact) mass is 409 g/mol. The molecule has 3 heterocycles. The molecule has 0 saturated carbocycles. The van der Waals surface area contributed by atoms with Crippen LogP contribution >= 0.6 is 0 Å². The smallest absolute Gasteiger partial charge is 0.246 e. The van der Waals surface area contributed by atoms with E-state index in [1.54, 1.807) is 22.8 Å². The number of rotatable bonds is 3. The molecule has 0 aliphatic carbocycles. The Morgan fingerprint density at radius 1 is 1.13 bits per heavy atom. The number of aryl methyl sites for hydroxylation is 1. The van der Waals surface area contributed by atoms with Crippen molar-refractivity contribution in [3.63, 3.8) is 0 Å². The maximum Gasteiger partial charge on any atom is 0.246 e. The van der Waals surface area contributed by atoms with Gasteiger partial charge in [0, 0.05) is 46.5 Å². The van der Waals surface area contributed by atoms with E-state index >= 15 is 0 Å². The number of nitrogens with one attached hydrogen (secondary N) is 1. The van der Waals surface area contributed by atoms with Crippen molar-refractivity contribution in [2.75, 3.05) is 44.7 Å². The van der Waals surface area contributed by atoms with Crippen LogP contribution in [0, 0.1) is 0 Å². The summed E-state index contributed by atoms with van der Waals surface area (Å²) in [5.41, 5.74) is 3.32. The minimum absolute atomic E-state index is 0.0174. The molecule has 2 aliphatic heterocycles. The maximum absolute atomic E-state index is 12.7. The molecule has 0 atom stereocenters. The van der Waals surface area contributed by atoms with Gasteiger partial charge >= 0.3 is 0 Å². The standard InChI is InChI=1S/C21H27N7O2/c1-22-21(27-9-10-28(20(30)15-27)18-11-24-25(2)14-18)23-12-19(29)26-8-7-16-5-3-4-6-17(16)13-26/h3-6,11,14H,7-10,12-13,15H2,1-2H3,(H,22,23). The highest BCUT2D eigenvalue weighted by molar-refractivity contribution is 5.98. The van der Waals surface area contributed by atoms with E-state index in [2.05, 4.69) is 27.5 Å². The van der Waals surface area contributed by atoms with Crippen LogP contribution in [0.4, 0.5) is 5.69 Å². The van der Waals surface area contributed by atoms with E-state index in [-0.39, 0.29) is 24.9 Å². The van der Waals surface area contributed by atoms with Gasteiger partial charge < -0.3 is 20.0 Å².